The predicted octanol–water partition coefficient (Wildman–Crippen LogP) is 14.8. The summed E-state index contributed by atoms with van der Waals surface area (Å²) in [4.78, 5) is 9.32. The first-order valence-electron chi connectivity index (χ1n) is 23.0. The van der Waals surface area contributed by atoms with Crippen molar-refractivity contribution in [2.75, 3.05) is 9.80 Å². The summed E-state index contributed by atoms with van der Waals surface area (Å²) in [5, 5.41) is 1.98. The number of rotatable bonds is 6. The number of hydrogen-bond acceptors (Lipinski definition) is 4. The Morgan fingerprint density at radius 2 is 1.33 bits per heavy atom. The second-order valence-corrected chi connectivity index (χ2v) is 18.8. The molecule has 312 valence electrons. The second kappa shape index (κ2) is 15.7. The average molecular weight is 986 g/mol. The Labute approximate surface area is 383 Å². The van der Waals surface area contributed by atoms with Crippen molar-refractivity contribution in [3.05, 3.63) is 175 Å². The molecule has 0 aliphatic carbocycles. The topological polar surface area (TPSA) is 33.5 Å². The minimum atomic E-state index is -0.428. The molecule has 0 unspecified atom stereocenters. The molecule has 9 rings (SSSR count). The van der Waals surface area contributed by atoms with Crippen LogP contribution in [0.3, 0.4) is 0 Å². The molecule has 0 saturated carbocycles. The first kappa shape index (κ1) is 36.1. The van der Waals surface area contributed by atoms with Crippen LogP contribution >= 0.6 is 0 Å². The summed E-state index contributed by atoms with van der Waals surface area (Å²) in [7, 11) is 0. The maximum Gasteiger partial charge on any atom is 0.135 e. The number of anilines is 4. The van der Waals surface area contributed by atoms with Crippen LogP contribution in [0, 0.1) is 25.7 Å². The molecule has 0 N–H and O–H groups in total. The van der Waals surface area contributed by atoms with Crippen molar-refractivity contribution in [2.24, 2.45) is 0 Å². The fourth-order valence-electron chi connectivity index (χ4n) is 7.99. The van der Waals surface area contributed by atoms with Gasteiger partial charge in [0.15, 0.2) is 0 Å². The van der Waals surface area contributed by atoms with Crippen LogP contribution in [0.15, 0.2) is 133 Å². The molecule has 1 aliphatic heterocycles. The molecule has 2 aromatic heterocycles. The second-order valence-electron chi connectivity index (χ2n) is 18.8. The number of ether oxygens (including phenoxy) is 1. The molecule has 0 fully saturated rings. The van der Waals surface area contributed by atoms with Gasteiger partial charge in [0.25, 0.3) is 0 Å². The summed E-state index contributed by atoms with van der Waals surface area (Å²) >= 11 is 0. The van der Waals surface area contributed by atoms with Gasteiger partial charge in [-0.05, 0) is 81.8 Å². The van der Waals surface area contributed by atoms with Gasteiger partial charge in [-0.1, -0.05) is 140 Å². The number of benzene rings is 6. The van der Waals surface area contributed by atoms with Crippen LogP contribution < -0.4 is 14.5 Å². The number of pyridine rings is 1. The molecule has 0 spiro atoms. The smallest absolute Gasteiger partial charge is 0.135 e. The van der Waals surface area contributed by atoms with Crippen molar-refractivity contribution in [1.29, 1.82) is 0 Å². The van der Waals surface area contributed by atoms with E-state index in [2.05, 4.69) is 158 Å². The summed E-state index contributed by atoms with van der Waals surface area (Å²) < 4.78 is 50.7. The summed E-state index contributed by atoms with van der Waals surface area (Å²) in [5.41, 5.74) is 10.2. The summed E-state index contributed by atoms with van der Waals surface area (Å²) in [6.45, 7) is 24.1. The SMILES string of the molecule is [2H]c1c([2H])c([2H])c(-c2cnc(-n3c4[c-]c(Oc5[c-]c(N6[CH-]N(c7cc(C(C)(C)C)cc(C(C)(C)C)c7)c7ccccc76)ccc5C(C)(C)C)ccc4c4ccccc43)cc2C)c([2H])c1[2H].[Pt]. The Morgan fingerprint density at radius 1 is 0.672 bits per heavy atom. The van der Waals surface area contributed by atoms with E-state index >= 15 is 0 Å². The molecule has 3 heterocycles. The molecule has 1 aliphatic rings. The molecule has 0 saturated heterocycles. The predicted molar refractivity (Wildman–Crippen MR) is 250 cm³/mol. The molecule has 61 heavy (non-hydrogen) atoms. The standard InChI is InChI=1S/C55H53N4O.Pt/c1-36-28-52(56-34-45(36)37-18-12-11-13-19-37)59-47-21-15-14-20-43(47)44-26-25-42(33-50(44)59)60-51-32-40(24-27-46(51)55(8,9)10)57-35-58(49-23-17-16-22-48(49)57)41-30-38(53(2,3)4)29-39(31-41)54(5,6)7;/h11-31,34-35H,1-10H3;/q-3;/i11D,12D,13D,18D,19D;. The van der Waals surface area contributed by atoms with E-state index in [1.54, 1.807) is 6.20 Å². The van der Waals surface area contributed by atoms with Gasteiger partial charge >= 0.3 is 0 Å². The van der Waals surface area contributed by atoms with Gasteiger partial charge in [0.1, 0.15) is 5.82 Å². The van der Waals surface area contributed by atoms with Crippen LogP contribution in [0.1, 0.15) is 91.4 Å². The summed E-state index contributed by atoms with van der Waals surface area (Å²) in [6, 6.07) is 39.2. The van der Waals surface area contributed by atoms with Crippen LogP contribution in [-0.2, 0) is 37.3 Å². The molecule has 0 radical (unpaired) electrons. The van der Waals surface area contributed by atoms with Crippen LogP contribution in [0.2, 0.25) is 0 Å². The third-order valence-electron chi connectivity index (χ3n) is 11.4. The Hall–Kier alpha value is -5.64. The van der Waals surface area contributed by atoms with E-state index in [1.807, 2.05) is 41.8 Å². The van der Waals surface area contributed by atoms with E-state index < -0.39 is 6.04 Å². The van der Waals surface area contributed by atoms with E-state index in [9.17, 15) is 0 Å². The molecule has 6 heteroatoms. The summed E-state index contributed by atoms with van der Waals surface area (Å²) in [5.74, 6) is 1.70. The van der Waals surface area contributed by atoms with Crippen molar-refractivity contribution in [2.45, 2.75) is 85.5 Å². The van der Waals surface area contributed by atoms with Crippen LogP contribution in [0.5, 0.6) is 11.5 Å². The number of fused-ring (bicyclic) bond motifs is 4. The Kier molecular flexibility index (Phi) is 9.27. The van der Waals surface area contributed by atoms with Gasteiger partial charge in [-0.25, -0.2) is 4.98 Å². The normalized spacial score (nSPS) is 14.3. The van der Waals surface area contributed by atoms with Crippen molar-refractivity contribution < 1.29 is 32.7 Å². The molecular weight excluding hydrogens is 928 g/mol. The van der Waals surface area contributed by atoms with Gasteiger partial charge in [0.05, 0.1) is 6.85 Å². The zero-order chi connectivity index (χ0) is 46.5. The number of hydrogen-bond donors (Lipinski definition) is 0. The number of para-hydroxylation sites is 3. The minimum absolute atomic E-state index is 0. The molecular formula is C55H53N4OPt-3. The maximum atomic E-state index is 8.60. The van der Waals surface area contributed by atoms with Crippen molar-refractivity contribution in [3.63, 3.8) is 0 Å². The fraction of sp³-hybridized carbons (Fsp3) is 0.236. The van der Waals surface area contributed by atoms with Gasteiger partial charge in [0.2, 0.25) is 0 Å². The third-order valence-corrected chi connectivity index (χ3v) is 11.4. The number of nitrogens with zero attached hydrogens (tertiary/aromatic N) is 4. The van der Waals surface area contributed by atoms with Crippen molar-refractivity contribution >= 4 is 44.6 Å². The van der Waals surface area contributed by atoms with Gasteiger partial charge in [-0.15, -0.1) is 47.6 Å². The van der Waals surface area contributed by atoms with Gasteiger partial charge in [0, 0.05) is 66.9 Å². The van der Waals surface area contributed by atoms with Gasteiger partial charge in [-0.3, -0.25) is 0 Å². The van der Waals surface area contributed by atoms with Crippen LogP contribution in [0.25, 0.3) is 38.8 Å². The van der Waals surface area contributed by atoms with Crippen molar-refractivity contribution in [3.8, 4) is 28.4 Å². The molecule has 0 bridgehead atoms. The number of aryl methyl sites for hydroxylation is 1. The summed E-state index contributed by atoms with van der Waals surface area (Å²) in [6.07, 6.45) is 1.59. The van der Waals surface area contributed by atoms with E-state index in [4.69, 9.17) is 16.6 Å². The maximum absolute atomic E-state index is 8.60. The fourth-order valence-corrected chi connectivity index (χ4v) is 7.99. The van der Waals surface area contributed by atoms with Crippen LogP contribution in [0.4, 0.5) is 22.7 Å². The molecule has 0 amide bonds. The zero-order valence-electron chi connectivity index (χ0n) is 41.4. The van der Waals surface area contributed by atoms with E-state index in [-0.39, 0.29) is 67.0 Å². The molecule has 6 aromatic carbocycles. The van der Waals surface area contributed by atoms with E-state index in [1.165, 1.54) is 11.1 Å². The van der Waals surface area contributed by atoms with Gasteiger partial charge in [-0.2, -0.15) is 12.1 Å². The van der Waals surface area contributed by atoms with Gasteiger partial charge < -0.3 is 19.1 Å². The first-order chi connectivity index (χ1) is 30.6. The van der Waals surface area contributed by atoms with E-state index in [0.29, 0.717) is 28.4 Å². The Balaban J connectivity index is 0.00000592. The molecule has 5 nitrogen and oxygen atoms in total. The molecule has 0 atom stereocenters. The molecule has 8 aromatic rings. The Morgan fingerprint density at radius 3 is 1.98 bits per heavy atom. The van der Waals surface area contributed by atoms with Crippen molar-refractivity contribution in [1.82, 2.24) is 9.55 Å². The average Bonchev–Trinajstić information content (AvgIpc) is 3.80. The third kappa shape index (κ3) is 7.90. The monoisotopic (exact) mass is 985 g/mol. The minimum Gasteiger partial charge on any atom is -0.509 e. The number of aromatic nitrogens is 2. The van der Waals surface area contributed by atoms with Crippen LogP contribution in [-0.4, -0.2) is 9.55 Å². The quantitative estimate of drug-likeness (QED) is 0.156. The largest absolute Gasteiger partial charge is 0.509 e. The van der Waals surface area contributed by atoms with E-state index in [0.717, 1.165) is 50.1 Å². The first-order valence-corrected chi connectivity index (χ1v) is 20.5. The Bertz CT molecular complexity index is 3150. The zero-order valence-corrected chi connectivity index (χ0v) is 38.7.